The molecule has 3 rings (SSSR count). The SMILES string of the molecule is CC(CC1CCCN1)NC1CCN2CCCCC12. The summed E-state index contributed by atoms with van der Waals surface area (Å²) in [5, 5.41) is 7.54. The second kappa shape index (κ2) is 5.89. The molecule has 3 nitrogen and oxygen atoms in total. The van der Waals surface area contributed by atoms with Crippen molar-refractivity contribution in [3.8, 4) is 0 Å². The first kappa shape index (κ1) is 12.9. The highest BCUT2D eigenvalue weighted by Crippen LogP contribution is 2.27. The van der Waals surface area contributed by atoms with Crippen molar-refractivity contribution in [2.75, 3.05) is 19.6 Å². The van der Waals surface area contributed by atoms with E-state index in [2.05, 4.69) is 22.5 Å². The Labute approximate surface area is 112 Å². The number of piperidine rings is 1. The van der Waals surface area contributed by atoms with Crippen molar-refractivity contribution in [3.63, 3.8) is 0 Å². The summed E-state index contributed by atoms with van der Waals surface area (Å²) < 4.78 is 0. The molecular formula is C15H29N3. The molecule has 3 saturated heterocycles. The summed E-state index contributed by atoms with van der Waals surface area (Å²) in [6, 6.07) is 3.06. The van der Waals surface area contributed by atoms with Crippen LogP contribution in [0.25, 0.3) is 0 Å². The molecule has 2 N–H and O–H groups in total. The maximum absolute atomic E-state index is 3.92. The molecule has 0 spiro atoms. The molecule has 0 radical (unpaired) electrons. The van der Waals surface area contributed by atoms with Crippen LogP contribution >= 0.6 is 0 Å². The van der Waals surface area contributed by atoms with Crippen molar-refractivity contribution in [1.82, 2.24) is 15.5 Å². The predicted molar refractivity (Wildman–Crippen MR) is 75.9 cm³/mol. The summed E-state index contributed by atoms with van der Waals surface area (Å²) in [5.74, 6) is 0. The topological polar surface area (TPSA) is 27.3 Å². The zero-order chi connectivity index (χ0) is 12.4. The van der Waals surface area contributed by atoms with Crippen LogP contribution in [0.4, 0.5) is 0 Å². The van der Waals surface area contributed by atoms with Crippen molar-refractivity contribution >= 4 is 0 Å². The van der Waals surface area contributed by atoms with Crippen molar-refractivity contribution in [2.24, 2.45) is 0 Å². The lowest BCUT2D eigenvalue weighted by Crippen LogP contribution is -2.48. The molecule has 0 amide bonds. The van der Waals surface area contributed by atoms with Gasteiger partial charge in [0.1, 0.15) is 0 Å². The van der Waals surface area contributed by atoms with Gasteiger partial charge in [0.25, 0.3) is 0 Å². The maximum Gasteiger partial charge on any atom is 0.0249 e. The fourth-order valence-electron chi connectivity index (χ4n) is 4.26. The summed E-state index contributed by atoms with van der Waals surface area (Å²) in [4.78, 5) is 2.72. The second-order valence-corrected chi connectivity index (χ2v) is 6.59. The Bertz CT molecular complexity index is 262. The van der Waals surface area contributed by atoms with Crippen LogP contribution in [0.1, 0.15) is 51.9 Å². The Hall–Kier alpha value is -0.120. The van der Waals surface area contributed by atoms with E-state index in [0.717, 1.165) is 18.1 Å². The molecule has 0 aromatic heterocycles. The van der Waals surface area contributed by atoms with Gasteiger partial charge in [-0.05, 0) is 58.5 Å². The summed E-state index contributed by atoms with van der Waals surface area (Å²) in [7, 11) is 0. The third kappa shape index (κ3) is 2.89. The van der Waals surface area contributed by atoms with E-state index in [9.17, 15) is 0 Å². The molecule has 4 atom stereocenters. The molecule has 3 aliphatic rings. The number of hydrogen-bond donors (Lipinski definition) is 2. The number of hydrogen-bond acceptors (Lipinski definition) is 3. The van der Waals surface area contributed by atoms with Gasteiger partial charge in [0, 0.05) is 30.7 Å². The highest BCUT2D eigenvalue weighted by molar-refractivity contribution is 4.95. The molecule has 18 heavy (non-hydrogen) atoms. The number of nitrogens with one attached hydrogen (secondary N) is 2. The summed E-state index contributed by atoms with van der Waals surface area (Å²) in [6.07, 6.45) is 9.72. The summed E-state index contributed by atoms with van der Waals surface area (Å²) in [6.45, 7) is 6.29. The van der Waals surface area contributed by atoms with Crippen LogP contribution < -0.4 is 10.6 Å². The fraction of sp³-hybridized carbons (Fsp3) is 1.00. The van der Waals surface area contributed by atoms with E-state index in [1.165, 1.54) is 64.6 Å². The van der Waals surface area contributed by atoms with Gasteiger partial charge in [-0.3, -0.25) is 4.90 Å². The molecule has 4 unspecified atom stereocenters. The normalized spacial score (nSPS) is 38.8. The van der Waals surface area contributed by atoms with Gasteiger partial charge in [-0.25, -0.2) is 0 Å². The number of nitrogens with zero attached hydrogens (tertiary/aromatic N) is 1. The fourth-order valence-corrected chi connectivity index (χ4v) is 4.26. The largest absolute Gasteiger partial charge is 0.314 e. The van der Waals surface area contributed by atoms with Gasteiger partial charge in [0.2, 0.25) is 0 Å². The number of rotatable bonds is 4. The third-order valence-corrected chi connectivity index (χ3v) is 5.16. The monoisotopic (exact) mass is 251 g/mol. The van der Waals surface area contributed by atoms with E-state index in [1.807, 2.05) is 0 Å². The first-order valence-electron chi connectivity index (χ1n) is 8.06. The smallest absolute Gasteiger partial charge is 0.0249 e. The van der Waals surface area contributed by atoms with Crippen LogP contribution in [0.15, 0.2) is 0 Å². The molecule has 3 heteroatoms. The van der Waals surface area contributed by atoms with Crippen molar-refractivity contribution < 1.29 is 0 Å². The van der Waals surface area contributed by atoms with Crippen molar-refractivity contribution in [2.45, 2.75) is 76.0 Å². The van der Waals surface area contributed by atoms with Gasteiger partial charge in [0.05, 0.1) is 0 Å². The molecule has 0 bridgehead atoms. The highest BCUT2D eigenvalue weighted by Gasteiger charge is 2.35. The van der Waals surface area contributed by atoms with Gasteiger partial charge in [-0.2, -0.15) is 0 Å². The Balaban J connectivity index is 1.46. The zero-order valence-corrected chi connectivity index (χ0v) is 11.8. The predicted octanol–water partition coefficient (Wildman–Crippen LogP) is 1.73. The Kier molecular flexibility index (Phi) is 4.22. The van der Waals surface area contributed by atoms with E-state index in [1.54, 1.807) is 0 Å². The molecule has 0 saturated carbocycles. The molecule has 3 heterocycles. The van der Waals surface area contributed by atoms with Crippen LogP contribution in [0.2, 0.25) is 0 Å². The van der Waals surface area contributed by atoms with Gasteiger partial charge < -0.3 is 10.6 Å². The molecular weight excluding hydrogens is 222 g/mol. The van der Waals surface area contributed by atoms with Crippen LogP contribution in [0.3, 0.4) is 0 Å². The van der Waals surface area contributed by atoms with Gasteiger partial charge in [0.15, 0.2) is 0 Å². The lowest BCUT2D eigenvalue weighted by molar-refractivity contribution is 0.176. The quantitative estimate of drug-likeness (QED) is 0.797. The third-order valence-electron chi connectivity index (χ3n) is 5.16. The Morgan fingerprint density at radius 1 is 1.17 bits per heavy atom. The minimum absolute atomic E-state index is 0.674. The summed E-state index contributed by atoms with van der Waals surface area (Å²) in [5.41, 5.74) is 0. The average molecular weight is 251 g/mol. The standard InChI is InChI=1S/C15H29N3/c1-12(11-13-5-4-8-16-13)17-14-7-10-18-9-3-2-6-15(14)18/h12-17H,2-11H2,1H3. The highest BCUT2D eigenvalue weighted by atomic mass is 15.2. The zero-order valence-electron chi connectivity index (χ0n) is 11.8. The molecule has 0 aliphatic carbocycles. The minimum atomic E-state index is 0.674. The Morgan fingerprint density at radius 2 is 2.11 bits per heavy atom. The molecule has 104 valence electrons. The van der Waals surface area contributed by atoms with Gasteiger partial charge in [-0.1, -0.05) is 6.42 Å². The molecule has 0 aromatic carbocycles. The molecule has 3 fully saturated rings. The lowest BCUT2D eigenvalue weighted by atomic mass is 9.97. The second-order valence-electron chi connectivity index (χ2n) is 6.59. The van der Waals surface area contributed by atoms with E-state index < -0.39 is 0 Å². The summed E-state index contributed by atoms with van der Waals surface area (Å²) >= 11 is 0. The minimum Gasteiger partial charge on any atom is -0.314 e. The van der Waals surface area contributed by atoms with E-state index in [4.69, 9.17) is 0 Å². The van der Waals surface area contributed by atoms with Crippen LogP contribution in [0, 0.1) is 0 Å². The maximum atomic E-state index is 3.92. The average Bonchev–Trinajstić information content (AvgIpc) is 3.00. The lowest BCUT2D eigenvalue weighted by Gasteiger charge is -2.34. The van der Waals surface area contributed by atoms with Gasteiger partial charge >= 0.3 is 0 Å². The first-order chi connectivity index (χ1) is 8.83. The van der Waals surface area contributed by atoms with Crippen molar-refractivity contribution in [1.29, 1.82) is 0 Å². The Morgan fingerprint density at radius 3 is 2.94 bits per heavy atom. The van der Waals surface area contributed by atoms with E-state index in [-0.39, 0.29) is 0 Å². The van der Waals surface area contributed by atoms with Crippen molar-refractivity contribution in [3.05, 3.63) is 0 Å². The van der Waals surface area contributed by atoms with E-state index >= 15 is 0 Å². The first-order valence-corrected chi connectivity index (χ1v) is 8.06. The molecule has 3 aliphatic heterocycles. The van der Waals surface area contributed by atoms with Gasteiger partial charge in [-0.15, -0.1) is 0 Å². The van der Waals surface area contributed by atoms with E-state index in [0.29, 0.717) is 6.04 Å². The van der Waals surface area contributed by atoms with Crippen LogP contribution in [-0.4, -0.2) is 48.7 Å². The number of fused-ring (bicyclic) bond motifs is 1. The van der Waals surface area contributed by atoms with Crippen LogP contribution in [-0.2, 0) is 0 Å². The molecule has 0 aromatic rings. The van der Waals surface area contributed by atoms with Crippen LogP contribution in [0.5, 0.6) is 0 Å².